The van der Waals surface area contributed by atoms with Crippen LogP contribution in [0.15, 0.2) is 29.3 Å². The van der Waals surface area contributed by atoms with Gasteiger partial charge in [0.25, 0.3) is 0 Å². The van der Waals surface area contributed by atoms with E-state index in [1.165, 1.54) is 11.8 Å². The highest BCUT2D eigenvalue weighted by atomic mass is 32.2. The molecule has 0 aliphatic carbocycles. The average molecular weight is 349 g/mol. The van der Waals surface area contributed by atoms with Crippen LogP contribution < -0.4 is 15.4 Å². The van der Waals surface area contributed by atoms with Gasteiger partial charge in [-0.1, -0.05) is 25.6 Å². The third kappa shape index (κ3) is 5.56. The lowest BCUT2D eigenvalue weighted by Crippen LogP contribution is -2.28. The lowest BCUT2D eigenvalue weighted by atomic mass is 10.2. The van der Waals surface area contributed by atoms with Crippen molar-refractivity contribution >= 4 is 34.4 Å². The van der Waals surface area contributed by atoms with Gasteiger partial charge in [0.1, 0.15) is 11.0 Å². The summed E-state index contributed by atoms with van der Waals surface area (Å²) in [5.41, 5.74) is 0.681. The number of thioether (sulfide) groups is 1. The van der Waals surface area contributed by atoms with Crippen molar-refractivity contribution in [1.82, 2.24) is 5.32 Å². The van der Waals surface area contributed by atoms with Crippen LogP contribution in [-0.2, 0) is 9.59 Å². The third-order valence-electron chi connectivity index (χ3n) is 3.20. The number of hydrogen-bond donors (Lipinski definition) is 2. The van der Waals surface area contributed by atoms with Crippen molar-refractivity contribution in [2.45, 2.75) is 32.4 Å². The van der Waals surface area contributed by atoms with E-state index in [0.29, 0.717) is 29.9 Å². The first kappa shape index (κ1) is 18.3. The maximum absolute atomic E-state index is 12.1. The second-order valence-electron chi connectivity index (χ2n) is 5.85. The van der Waals surface area contributed by atoms with Gasteiger partial charge >= 0.3 is 0 Å². The zero-order valence-corrected chi connectivity index (χ0v) is 15.0. The first-order valence-electron chi connectivity index (χ1n) is 8.02. The zero-order valence-electron chi connectivity index (χ0n) is 14.2. The standard InChI is InChI=1S/C17H23N3O3S/c1-4-23-13-7-5-12(6-8-13)19-15(21)9-14-16(22)20-17(24-14)18-10-11(2)3/h5-8,11,14H,4,9-10H2,1-3H3,(H,19,21)(H,18,20,22)/t14-/m0/s1. The summed E-state index contributed by atoms with van der Waals surface area (Å²) in [6.45, 7) is 7.30. The Morgan fingerprint density at radius 1 is 1.38 bits per heavy atom. The Labute approximate surface area is 146 Å². The van der Waals surface area contributed by atoms with Crippen molar-refractivity contribution in [2.75, 3.05) is 18.5 Å². The molecule has 2 amide bonds. The van der Waals surface area contributed by atoms with Crippen molar-refractivity contribution in [3.63, 3.8) is 0 Å². The number of carbonyl (C=O) groups excluding carboxylic acids is 2. The van der Waals surface area contributed by atoms with Gasteiger partial charge in [0, 0.05) is 18.7 Å². The van der Waals surface area contributed by atoms with Gasteiger partial charge in [0.15, 0.2) is 5.17 Å². The maximum atomic E-state index is 12.1. The van der Waals surface area contributed by atoms with Gasteiger partial charge < -0.3 is 15.4 Å². The van der Waals surface area contributed by atoms with E-state index in [9.17, 15) is 9.59 Å². The summed E-state index contributed by atoms with van der Waals surface area (Å²) >= 11 is 1.32. The highest BCUT2D eigenvalue weighted by Crippen LogP contribution is 2.23. The summed E-state index contributed by atoms with van der Waals surface area (Å²) in [7, 11) is 0. The van der Waals surface area contributed by atoms with Gasteiger partial charge in [-0.15, -0.1) is 0 Å². The van der Waals surface area contributed by atoms with Crippen LogP contribution in [0.4, 0.5) is 5.69 Å². The fraction of sp³-hybridized carbons (Fsp3) is 0.471. The van der Waals surface area contributed by atoms with Crippen LogP contribution in [0.5, 0.6) is 5.75 Å². The van der Waals surface area contributed by atoms with Gasteiger partial charge in [-0.3, -0.25) is 14.6 Å². The van der Waals surface area contributed by atoms with Crippen LogP contribution in [0.25, 0.3) is 0 Å². The molecule has 1 fully saturated rings. The quantitative estimate of drug-likeness (QED) is 0.793. The molecule has 1 atom stereocenters. The number of hydrogen-bond acceptors (Lipinski definition) is 5. The topological polar surface area (TPSA) is 79.8 Å². The van der Waals surface area contributed by atoms with Gasteiger partial charge in [0.2, 0.25) is 11.8 Å². The number of rotatable bonds is 7. The van der Waals surface area contributed by atoms with Crippen LogP contribution in [0, 0.1) is 5.92 Å². The first-order chi connectivity index (χ1) is 11.5. The average Bonchev–Trinajstić information content (AvgIpc) is 2.87. The number of amides is 2. The van der Waals surface area contributed by atoms with Gasteiger partial charge in [-0.25, -0.2) is 0 Å². The molecule has 0 radical (unpaired) electrons. The zero-order chi connectivity index (χ0) is 17.5. The molecule has 1 aliphatic heterocycles. The smallest absolute Gasteiger partial charge is 0.240 e. The number of nitrogens with one attached hydrogen (secondary N) is 2. The minimum absolute atomic E-state index is 0.115. The predicted molar refractivity (Wildman–Crippen MR) is 97.5 cm³/mol. The third-order valence-corrected chi connectivity index (χ3v) is 4.32. The Morgan fingerprint density at radius 3 is 2.71 bits per heavy atom. The molecule has 24 heavy (non-hydrogen) atoms. The minimum Gasteiger partial charge on any atom is -0.494 e. The normalized spacial score (nSPS) is 18.8. The summed E-state index contributed by atoms with van der Waals surface area (Å²) in [5, 5.41) is 5.70. The second kappa shape index (κ2) is 8.73. The van der Waals surface area contributed by atoms with E-state index >= 15 is 0 Å². The molecule has 1 aromatic rings. The van der Waals surface area contributed by atoms with E-state index < -0.39 is 5.25 Å². The van der Waals surface area contributed by atoms with Gasteiger partial charge in [0.05, 0.1) is 6.61 Å². The monoisotopic (exact) mass is 349 g/mol. The molecular formula is C17H23N3O3S. The lowest BCUT2D eigenvalue weighted by molar-refractivity contribution is -0.122. The van der Waals surface area contributed by atoms with E-state index in [4.69, 9.17) is 4.74 Å². The van der Waals surface area contributed by atoms with Crippen LogP contribution in [0.2, 0.25) is 0 Å². The van der Waals surface area contributed by atoms with Crippen LogP contribution in [0.1, 0.15) is 27.2 Å². The van der Waals surface area contributed by atoms with E-state index in [0.717, 1.165) is 5.75 Å². The highest BCUT2D eigenvalue weighted by molar-refractivity contribution is 8.15. The van der Waals surface area contributed by atoms with Crippen molar-refractivity contribution < 1.29 is 14.3 Å². The summed E-state index contributed by atoms with van der Waals surface area (Å²) in [5.74, 6) is 0.825. The fourth-order valence-electron chi connectivity index (χ4n) is 2.06. The van der Waals surface area contributed by atoms with Crippen molar-refractivity contribution in [3.8, 4) is 5.75 Å². The summed E-state index contributed by atoms with van der Waals surface area (Å²) in [6, 6.07) is 7.15. The molecular weight excluding hydrogens is 326 g/mol. The highest BCUT2D eigenvalue weighted by Gasteiger charge is 2.31. The summed E-state index contributed by atoms with van der Waals surface area (Å²) in [4.78, 5) is 28.4. The van der Waals surface area contributed by atoms with Crippen LogP contribution in [0.3, 0.4) is 0 Å². The molecule has 1 aromatic carbocycles. The molecule has 0 saturated carbocycles. The van der Waals surface area contributed by atoms with Gasteiger partial charge in [-0.2, -0.15) is 0 Å². The predicted octanol–water partition coefficient (Wildman–Crippen LogP) is 2.66. The maximum Gasteiger partial charge on any atom is 0.240 e. The number of nitrogens with zero attached hydrogens (tertiary/aromatic N) is 1. The molecule has 0 aromatic heterocycles. The molecule has 1 heterocycles. The number of benzene rings is 1. The van der Waals surface area contributed by atoms with Crippen LogP contribution >= 0.6 is 11.8 Å². The Hall–Kier alpha value is -2.02. The van der Waals surface area contributed by atoms with Crippen molar-refractivity contribution in [2.24, 2.45) is 10.9 Å². The van der Waals surface area contributed by atoms with E-state index in [-0.39, 0.29) is 18.2 Å². The van der Waals surface area contributed by atoms with Gasteiger partial charge in [-0.05, 0) is 37.1 Å². The molecule has 1 aliphatic rings. The Kier molecular flexibility index (Phi) is 6.66. The van der Waals surface area contributed by atoms with Crippen molar-refractivity contribution in [1.29, 1.82) is 0 Å². The molecule has 7 heteroatoms. The number of carbonyl (C=O) groups is 2. The SMILES string of the molecule is CCOc1ccc(NC(=O)C[C@@H]2SC(=NCC(C)C)NC2=O)cc1. The Balaban J connectivity index is 1.85. The molecule has 2 N–H and O–H groups in total. The lowest BCUT2D eigenvalue weighted by Gasteiger charge is -2.08. The minimum atomic E-state index is -0.432. The molecule has 1 saturated heterocycles. The first-order valence-corrected chi connectivity index (χ1v) is 8.90. The molecule has 0 spiro atoms. The number of ether oxygens (including phenoxy) is 1. The van der Waals surface area contributed by atoms with E-state index in [1.54, 1.807) is 24.3 Å². The second-order valence-corrected chi connectivity index (χ2v) is 7.04. The number of aliphatic imine (C=N–C) groups is 1. The molecule has 2 rings (SSSR count). The Morgan fingerprint density at radius 2 is 2.08 bits per heavy atom. The van der Waals surface area contributed by atoms with E-state index in [1.807, 2.05) is 6.92 Å². The summed E-state index contributed by atoms with van der Waals surface area (Å²) in [6.07, 6.45) is 0.115. The Bertz CT molecular complexity index is 614. The van der Waals surface area contributed by atoms with Crippen LogP contribution in [-0.4, -0.2) is 35.4 Å². The largest absolute Gasteiger partial charge is 0.494 e. The molecule has 0 bridgehead atoms. The molecule has 6 nitrogen and oxygen atoms in total. The van der Waals surface area contributed by atoms with Crippen molar-refractivity contribution in [3.05, 3.63) is 24.3 Å². The van der Waals surface area contributed by atoms with E-state index in [2.05, 4.69) is 29.5 Å². The number of amidine groups is 1. The molecule has 130 valence electrons. The summed E-state index contributed by atoms with van der Waals surface area (Å²) < 4.78 is 5.36. The molecule has 0 unspecified atom stereocenters. The fourth-order valence-corrected chi connectivity index (χ4v) is 3.04. The number of anilines is 1.